The highest BCUT2D eigenvalue weighted by Crippen LogP contribution is 2.33. The summed E-state index contributed by atoms with van der Waals surface area (Å²) in [6.07, 6.45) is 0. The third-order valence-corrected chi connectivity index (χ3v) is 5.55. The van der Waals surface area contributed by atoms with Crippen LogP contribution in [0.3, 0.4) is 0 Å². The average molecular weight is 407 g/mol. The van der Waals surface area contributed by atoms with Crippen molar-refractivity contribution in [2.75, 3.05) is 7.11 Å². The molecule has 2 heterocycles. The van der Waals surface area contributed by atoms with Gasteiger partial charge in [-0.15, -0.1) is 0 Å². The lowest BCUT2D eigenvalue weighted by molar-refractivity contribution is 0.0598. The van der Waals surface area contributed by atoms with Gasteiger partial charge in [0.2, 0.25) is 0 Å². The minimum absolute atomic E-state index is 0.0613. The summed E-state index contributed by atoms with van der Waals surface area (Å²) in [6.45, 7) is 2.16. The van der Waals surface area contributed by atoms with Crippen molar-refractivity contribution in [3.63, 3.8) is 0 Å². The summed E-state index contributed by atoms with van der Waals surface area (Å²) >= 11 is 0.951. The molecule has 2 aromatic heterocycles. The van der Waals surface area contributed by atoms with Crippen molar-refractivity contribution in [1.29, 1.82) is 0 Å². The van der Waals surface area contributed by atoms with Crippen LogP contribution in [0.4, 0.5) is 8.78 Å². The second-order valence-corrected chi connectivity index (χ2v) is 7.58. The Morgan fingerprint density at radius 1 is 1.25 bits per heavy atom. The lowest BCUT2D eigenvalue weighted by atomic mass is 10.1. The number of rotatable bonds is 6. The number of methoxy groups -OCH3 is 1. The molecule has 3 rings (SSSR count). The van der Waals surface area contributed by atoms with Gasteiger partial charge in [-0.2, -0.15) is 8.78 Å². The van der Waals surface area contributed by atoms with E-state index in [2.05, 4.69) is 9.97 Å². The maximum atomic E-state index is 13.6. The van der Waals surface area contributed by atoms with E-state index in [0.29, 0.717) is 27.9 Å². The van der Waals surface area contributed by atoms with Crippen LogP contribution in [0.15, 0.2) is 29.4 Å². The number of halogens is 2. The number of nitrogens with zero attached hydrogens (tertiary/aromatic N) is 2. The lowest BCUT2D eigenvalue weighted by Gasteiger charge is -2.12. The van der Waals surface area contributed by atoms with Gasteiger partial charge in [-0.3, -0.25) is 9.36 Å². The average Bonchev–Trinajstić information content (AvgIpc) is 3.17. The molecular weight excluding hydrogens is 388 g/mol. The van der Waals surface area contributed by atoms with Gasteiger partial charge in [-0.05, 0) is 38.5 Å². The quantitative estimate of drug-likeness (QED) is 0.369. The summed E-state index contributed by atoms with van der Waals surface area (Å²) in [4.78, 5) is 32.0. The molecule has 0 aliphatic rings. The minimum atomic E-state index is -2.78. The molecule has 3 aromatic rings. The van der Waals surface area contributed by atoms with Gasteiger partial charge in [0.05, 0.1) is 34.7 Å². The van der Waals surface area contributed by atoms with Crippen LogP contribution >= 0.6 is 11.8 Å². The summed E-state index contributed by atoms with van der Waals surface area (Å²) in [5.41, 5.74) is 2.30. The van der Waals surface area contributed by atoms with Gasteiger partial charge in [-0.1, -0.05) is 23.9 Å². The summed E-state index contributed by atoms with van der Waals surface area (Å²) < 4.78 is 32.7. The topological polar surface area (TPSA) is 77.0 Å². The Kier molecular flexibility index (Phi) is 5.55. The minimum Gasteiger partial charge on any atom is -0.465 e. The summed E-state index contributed by atoms with van der Waals surface area (Å²) in [5.74, 6) is -0.848. The number of Topliss-reactive ketones (excluding diaryl/α,β-unsaturated/α-hetero) is 1. The molecule has 0 bridgehead atoms. The molecule has 0 aliphatic carbocycles. The number of benzene rings is 1. The largest absolute Gasteiger partial charge is 0.465 e. The second-order valence-electron chi connectivity index (χ2n) is 6.27. The number of ketones is 1. The van der Waals surface area contributed by atoms with Crippen molar-refractivity contribution < 1.29 is 23.1 Å². The zero-order chi connectivity index (χ0) is 20.6. The van der Waals surface area contributed by atoms with Gasteiger partial charge in [0.1, 0.15) is 0 Å². The molecule has 0 saturated heterocycles. The molecule has 0 aliphatic heterocycles. The number of esters is 1. The van der Waals surface area contributed by atoms with Crippen LogP contribution in [0, 0.1) is 13.8 Å². The normalized spacial score (nSPS) is 12.5. The highest BCUT2D eigenvalue weighted by molar-refractivity contribution is 8.00. The van der Waals surface area contributed by atoms with E-state index in [1.165, 1.54) is 7.11 Å². The third-order valence-electron chi connectivity index (χ3n) is 4.48. The third kappa shape index (κ3) is 3.42. The van der Waals surface area contributed by atoms with E-state index in [4.69, 9.17) is 4.74 Å². The van der Waals surface area contributed by atoms with Gasteiger partial charge < -0.3 is 9.72 Å². The first-order valence-corrected chi connectivity index (χ1v) is 9.37. The van der Waals surface area contributed by atoms with Crippen LogP contribution in [0.1, 0.15) is 45.6 Å². The van der Waals surface area contributed by atoms with Crippen LogP contribution in [-0.2, 0) is 4.74 Å². The molecule has 0 fully saturated rings. The van der Waals surface area contributed by atoms with Gasteiger partial charge in [0.15, 0.2) is 10.9 Å². The zero-order valence-corrected chi connectivity index (χ0v) is 16.6. The van der Waals surface area contributed by atoms with Gasteiger partial charge in [-0.25, -0.2) is 9.78 Å². The van der Waals surface area contributed by atoms with E-state index in [1.54, 1.807) is 45.0 Å². The Morgan fingerprint density at radius 3 is 2.57 bits per heavy atom. The molecule has 28 heavy (non-hydrogen) atoms. The van der Waals surface area contributed by atoms with Crippen LogP contribution in [0.25, 0.3) is 11.0 Å². The number of nitrogens with one attached hydrogen (secondary N) is 1. The Labute approximate surface area is 164 Å². The highest BCUT2D eigenvalue weighted by atomic mass is 32.2. The highest BCUT2D eigenvalue weighted by Gasteiger charge is 2.28. The van der Waals surface area contributed by atoms with Crippen LogP contribution < -0.4 is 0 Å². The SMILES string of the molecule is COC(=O)c1c(C)[nH]c(C(=O)C(C)Sc2nc3ccccc3n2C(F)F)c1C. The number of ether oxygens (including phenoxy) is 1. The van der Waals surface area contributed by atoms with E-state index in [0.717, 1.165) is 16.3 Å². The number of aromatic amines is 1. The maximum absolute atomic E-state index is 13.6. The molecule has 0 radical (unpaired) electrons. The number of fused-ring (bicyclic) bond motifs is 1. The van der Waals surface area contributed by atoms with Crippen molar-refractivity contribution in [3.05, 3.63) is 46.8 Å². The van der Waals surface area contributed by atoms with E-state index >= 15 is 0 Å². The van der Waals surface area contributed by atoms with Crippen LogP contribution in [-0.4, -0.2) is 38.6 Å². The molecular formula is C19H19F2N3O3S. The van der Waals surface area contributed by atoms with Crippen molar-refractivity contribution in [2.45, 2.75) is 37.7 Å². The number of thioether (sulfide) groups is 1. The first kappa shape index (κ1) is 20.1. The fraction of sp³-hybridized carbons (Fsp3) is 0.316. The molecule has 1 unspecified atom stereocenters. The second kappa shape index (κ2) is 7.75. The molecule has 0 amide bonds. The fourth-order valence-electron chi connectivity index (χ4n) is 3.11. The van der Waals surface area contributed by atoms with Crippen molar-refractivity contribution in [3.8, 4) is 0 Å². The Bertz CT molecular complexity index is 1060. The molecule has 1 aromatic carbocycles. The van der Waals surface area contributed by atoms with E-state index < -0.39 is 17.8 Å². The number of para-hydroxylation sites is 2. The predicted molar refractivity (Wildman–Crippen MR) is 102 cm³/mol. The number of carbonyl (C=O) groups excluding carboxylic acids is 2. The van der Waals surface area contributed by atoms with Gasteiger partial charge >= 0.3 is 12.5 Å². The number of aromatic nitrogens is 3. The number of imidazole rings is 1. The Balaban J connectivity index is 1.93. The number of H-pyrrole nitrogens is 1. The number of hydrogen-bond donors (Lipinski definition) is 1. The molecule has 0 saturated carbocycles. The summed E-state index contributed by atoms with van der Waals surface area (Å²) in [5, 5.41) is -0.636. The fourth-order valence-corrected chi connectivity index (χ4v) is 4.10. The molecule has 148 valence electrons. The smallest absolute Gasteiger partial charge is 0.339 e. The van der Waals surface area contributed by atoms with Crippen molar-refractivity contribution in [1.82, 2.24) is 14.5 Å². The number of alkyl halides is 2. The molecule has 0 spiro atoms. The van der Waals surface area contributed by atoms with Crippen LogP contribution in [0.5, 0.6) is 0 Å². The maximum Gasteiger partial charge on any atom is 0.339 e. The first-order chi connectivity index (χ1) is 13.3. The molecule has 6 nitrogen and oxygen atoms in total. The van der Waals surface area contributed by atoms with Gasteiger partial charge in [0.25, 0.3) is 0 Å². The standard InChI is InChI=1S/C19H19F2N3O3S/c1-9-14(17(26)27-4)10(2)22-15(9)16(25)11(3)28-19-23-12-7-5-6-8-13(12)24(19)18(20)21/h5-8,11,18,22H,1-4H3. The summed E-state index contributed by atoms with van der Waals surface area (Å²) in [7, 11) is 1.27. The number of aryl methyl sites for hydroxylation is 1. The predicted octanol–water partition coefficient (Wildman–Crippen LogP) is 4.53. The first-order valence-electron chi connectivity index (χ1n) is 8.49. The molecule has 1 atom stereocenters. The van der Waals surface area contributed by atoms with E-state index in [1.807, 2.05) is 0 Å². The van der Waals surface area contributed by atoms with Crippen LogP contribution in [0.2, 0.25) is 0 Å². The van der Waals surface area contributed by atoms with E-state index in [9.17, 15) is 18.4 Å². The summed E-state index contributed by atoms with van der Waals surface area (Å²) in [6, 6.07) is 6.58. The Morgan fingerprint density at radius 2 is 1.93 bits per heavy atom. The van der Waals surface area contributed by atoms with Crippen molar-refractivity contribution in [2.24, 2.45) is 0 Å². The van der Waals surface area contributed by atoms with E-state index in [-0.39, 0.29) is 16.6 Å². The molecule has 1 N–H and O–H groups in total. The Hall–Kier alpha value is -2.68. The lowest BCUT2D eigenvalue weighted by Crippen LogP contribution is -2.16. The monoisotopic (exact) mass is 407 g/mol. The zero-order valence-electron chi connectivity index (χ0n) is 15.7. The number of carbonyl (C=O) groups is 2. The van der Waals surface area contributed by atoms with Crippen molar-refractivity contribution >= 4 is 34.5 Å². The van der Waals surface area contributed by atoms with Gasteiger partial charge in [0, 0.05) is 5.69 Å². The molecule has 9 heteroatoms. The number of hydrogen-bond acceptors (Lipinski definition) is 5.